The summed E-state index contributed by atoms with van der Waals surface area (Å²) in [7, 11) is 0. The third kappa shape index (κ3) is 5.74. The van der Waals surface area contributed by atoms with E-state index in [1.807, 2.05) is 6.08 Å². The highest BCUT2D eigenvalue weighted by Gasteiger charge is 1.77. The molecule has 0 unspecified atom stereocenters. The summed E-state index contributed by atoms with van der Waals surface area (Å²) < 4.78 is 21.1. The van der Waals surface area contributed by atoms with Crippen molar-refractivity contribution >= 4 is 0 Å². The Morgan fingerprint density at radius 1 is 1.75 bits per heavy atom. The predicted molar refractivity (Wildman–Crippen MR) is 39.0 cm³/mol. The van der Waals surface area contributed by atoms with Gasteiger partial charge in [-0.05, 0) is 20.2 Å². The molecular formula is C8H16. The van der Waals surface area contributed by atoms with Gasteiger partial charge in [0.1, 0.15) is 0 Å². The van der Waals surface area contributed by atoms with Crippen molar-refractivity contribution in [2.45, 2.75) is 40.0 Å². The molecule has 0 aliphatic heterocycles. The van der Waals surface area contributed by atoms with Crippen molar-refractivity contribution in [2.24, 2.45) is 0 Å². The van der Waals surface area contributed by atoms with Crippen LogP contribution < -0.4 is 0 Å². The van der Waals surface area contributed by atoms with Crippen LogP contribution in [0, 0.1) is 0 Å². The van der Waals surface area contributed by atoms with Crippen LogP contribution in [-0.4, -0.2) is 0 Å². The Balaban J connectivity index is 3.81. The topological polar surface area (TPSA) is 0 Å². The maximum absolute atomic E-state index is 7.04. The molecule has 0 amide bonds. The lowest BCUT2D eigenvalue weighted by Gasteiger charge is -1.89. The number of rotatable bonds is 3. The Bertz CT molecular complexity index is 133. The Kier molecular flexibility index (Phi) is 2.26. The molecule has 0 nitrogen and oxygen atoms in total. The zero-order chi connectivity index (χ0) is 8.91. The smallest absolute Gasteiger partial charge is 0.0276 e. The van der Waals surface area contributed by atoms with E-state index in [1.165, 1.54) is 0 Å². The van der Waals surface area contributed by atoms with E-state index in [0.717, 1.165) is 19.3 Å². The van der Waals surface area contributed by atoms with E-state index in [2.05, 4.69) is 6.92 Å². The van der Waals surface area contributed by atoms with Crippen molar-refractivity contribution in [3.63, 3.8) is 0 Å². The van der Waals surface area contributed by atoms with Crippen LogP contribution in [0.1, 0.15) is 44.1 Å². The van der Waals surface area contributed by atoms with E-state index in [-0.39, 0.29) is 0 Å². The first-order valence-corrected chi connectivity index (χ1v) is 3.15. The van der Waals surface area contributed by atoms with Gasteiger partial charge in [-0.25, -0.2) is 0 Å². The average Bonchev–Trinajstić information content (AvgIpc) is 1.86. The molecule has 0 saturated carbocycles. The lowest BCUT2D eigenvalue weighted by molar-refractivity contribution is 0.811. The van der Waals surface area contributed by atoms with Crippen molar-refractivity contribution in [1.82, 2.24) is 0 Å². The van der Waals surface area contributed by atoms with Gasteiger partial charge in [0.15, 0.2) is 0 Å². The molecule has 0 heterocycles. The maximum Gasteiger partial charge on any atom is 0.0276 e. The molecule has 0 radical (unpaired) electrons. The summed E-state index contributed by atoms with van der Waals surface area (Å²) in [6, 6.07) is 0. The van der Waals surface area contributed by atoms with Crippen molar-refractivity contribution in [2.75, 3.05) is 0 Å². The lowest BCUT2D eigenvalue weighted by atomic mass is 10.2. The van der Waals surface area contributed by atoms with E-state index >= 15 is 0 Å². The highest BCUT2D eigenvalue weighted by atomic mass is 13.8. The largest absolute Gasteiger partial charge is 0.0859 e. The van der Waals surface area contributed by atoms with Crippen LogP contribution in [0.2, 0.25) is 0 Å². The second-order valence-corrected chi connectivity index (χ2v) is 2.03. The molecule has 0 bridgehead atoms. The molecule has 0 aliphatic rings. The fourth-order valence-electron chi connectivity index (χ4n) is 0.523. The Labute approximate surface area is 56.8 Å². The van der Waals surface area contributed by atoms with Crippen LogP contribution in [0.5, 0.6) is 0 Å². The first-order chi connectivity index (χ1) is 4.98. The number of allylic oxidation sites excluding steroid dienone is 2. The van der Waals surface area contributed by atoms with Crippen LogP contribution in [0.4, 0.5) is 0 Å². The molecule has 0 spiro atoms. The molecule has 0 heteroatoms. The van der Waals surface area contributed by atoms with Gasteiger partial charge in [-0.15, -0.1) is 0 Å². The lowest BCUT2D eigenvalue weighted by Crippen LogP contribution is -1.68. The summed E-state index contributed by atoms with van der Waals surface area (Å²) in [6.45, 7) is 1.88. The fourth-order valence-corrected chi connectivity index (χ4v) is 0.523. The first-order valence-electron chi connectivity index (χ1n) is 4.65. The Morgan fingerprint density at radius 2 is 2.50 bits per heavy atom. The molecule has 0 rings (SSSR count). The second-order valence-electron chi connectivity index (χ2n) is 2.03. The van der Waals surface area contributed by atoms with Crippen LogP contribution >= 0.6 is 0 Å². The minimum absolute atomic E-state index is 0.519. The SMILES string of the molecule is [2H]C([2H])([2H])/C(C)=C/CCCC. The van der Waals surface area contributed by atoms with Crippen molar-refractivity contribution in [3.8, 4) is 0 Å². The van der Waals surface area contributed by atoms with Gasteiger partial charge in [0, 0.05) is 4.11 Å². The van der Waals surface area contributed by atoms with Crippen molar-refractivity contribution < 1.29 is 4.11 Å². The monoisotopic (exact) mass is 115 g/mol. The van der Waals surface area contributed by atoms with Gasteiger partial charge in [0.2, 0.25) is 0 Å². The van der Waals surface area contributed by atoms with E-state index < -0.39 is 6.85 Å². The molecule has 0 fully saturated rings. The quantitative estimate of drug-likeness (QED) is 0.391. The van der Waals surface area contributed by atoms with E-state index in [9.17, 15) is 0 Å². The molecule has 48 valence electrons. The van der Waals surface area contributed by atoms with Crippen LogP contribution in [0.15, 0.2) is 11.6 Å². The predicted octanol–water partition coefficient (Wildman–Crippen LogP) is 3.14. The first kappa shape index (κ1) is 3.71. The molecular weight excluding hydrogens is 96.1 g/mol. The Morgan fingerprint density at radius 3 is 3.00 bits per heavy atom. The third-order valence-corrected chi connectivity index (χ3v) is 1.01. The second kappa shape index (κ2) is 4.89. The van der Waals surface area contributed by atoms with E-state index in [1.54, 1.807) is 6.92 Å². The molecule has 0 saturated heterocycles. The average molecular weight is 115 g/mol. The normalized spacial score (nSPS) is 19.2. The highest BCUT2D eigenvalue weighted by Crippen LogP contribution is 1.98. The summed E-state index contributed by atoms with van der Waals surface area (Å²) in [4.78, 5) is 0. The van der Waals surface area contributed by atoms with Gasteiger partial charge in [-0.1, -0.05) is 31.4 Å². The van der Waals surface area contributed by atoms with Gasteiger partial charge in [0.05, 0.1) is 0 Å². The van der Waals surface area contributed by atoms with Crippen molar-refractivity contribution in [1.29, 1.82) is 0 Å². The third-order valence-electron chi connectivity index (χ3n) is 1.01. The van der Waals surface area contributed by atoms with Gasteiger partial charge >= 0.3 is 0 Å². The van der Waals surface area contributed by atoms with Crippen LogP contribution in [0.25, 0.3) is 0 Å². The van der Waals surface area contributed by atoms with Crippen molar-refractivity contribution in [3.05, 3.63) is 11.6 Å². The summed E-state index contributed by atoms with van der Waals surface area (Å²) in [6.07, 6.45) is 4.90. The van der Waals surface area contributed by atoms with Crippen LogP contribution in [0.3, 0.4) is 0 Å². The highest BCUT2D eigenvalue weighted by molar-refractivity contribution is 4.92. The standard InChI is InChI=1S/C8H16/c1-4-5-6-7-8(2)3/h7H,4-6H2,1-3H3/i2D3/b8-7-. The summed E-state index contributed by atoms with van der Waals surface area (Å²) in [5.41, 5.74) is 0.519. The summed E-state index contributed by atoms with van der Waals surface area (Å²) in [5.74, 6) is 0. The Hall–Kier alpha value is -0.260. The van der Waals surface area contributed by atoms with Gasteiger partial charge in [0.25, 0.3) is 0 Å². The number of unbranched alkanes of at least 4 members (excludes halogenated alkanes) is 2. The molecule has 0 aliphatic carbocycles. The van der Waals surface area contributed by atoms with Gasteiger partial charge in [-0.3, -0.25) is 0 Å². The fraction of sp³-hybridized carbons (Fsp3) is 0.750. The summed E-state index contributed by atoms with van der Waals surface area (Å²) in [5, 5.41) is 0. The molecule has 0 aromatic rings. The molecule has 8 heavy (non-hydrogen) atoms. The van der Waals surface area contributed by atoms with Gasteiger partial charge in [-0.2, -0.15) is 0 Å². The number of hydrogen-bond donors (Lipinski definition) is 0. The minimum atomic E-state index is -1.88. The molecule has 0 aromatic heterocycles. The number of hydrogen-bond acceptors (Lipinski definition) is 0. The molecule has 0 aromatic carbocycles. The minimum Gasteiger partial charge on any atom is -0.0859 e. The molecule has 0 N–H and O–H groups in total. The maximum atomic E-state index is 7.04. The zero-order valence-electron chi connectivity index (χ0n) is 8.70. The van der Waals surface area contributed by atoms with Crippen LogP contribution in [-0.2, 0) is 0 Å². The summed E-state index contributed by atoms with van der Waals surface area (Å²) >= 11 is 0. The van der Waals surface area contributed by atoms with E-state index in [4.69, 9.17) is 4.11 Å². The zero-order valence-corrected chi connectivity index (χ0v) is 5.70. The molecule has 0 atom stereocenters. The van der Waals surface area contributed by atoms with E-state index in [0.29, 0.717) is 5.57 Å². The van der Waals surface area contributed by atoms with Gasteiger partial charge < -0.3 is 0 Å².